The van der Waals surface area contributed by atoms with E-state index in [1.165, 1.54) is 11.8 Å². The van der Waals surface area contributed by atoms with E-state index in [4.69, 9.17) is 21.1 Å². The van der Waals surface area contributed by atoms with Gasteiger partial charge in [-0.2, -0.15) is 0 Å². The van der Waals surface area contributed by atoms with Gasteiger partial charge in [-0.15, -0.1) is 11.8 Å². The maximum Gasteiger partial charge on any atom is 0.230 e. The summed E-state index contributed by atoms with van der Waals surface area (Å²) in [5.74, 6) is 1.77. The predicted octanol–water partition coefficient (Wildman–Crippen LogP) is 4.08. The lowest BCUT2D eigenvalue weighted by Crippen LogP contribution is -2.28. The molecule has 126 valence electrons. The van der Waals surface area contributed by atoms with Gasteiger partial charge in [0.2, 0.25) is 5.91 Å². The number of ether oxygens (including phenoxy) is 2. The molecule has 1 heterocycles. The van der Waals surface area contributed by atoms with Crippen molar-refractivity contribution in [3.63, 3.8) is 0 Å². The zero-order valence-corrected chi connectivity index (χ0v) is 14.8. The second-order valence-electron chi connectivity index (χ2n) is 5.40. The number of carbonyl (C=O) groups excluding carboxylic acids is 1. The molecule has 1 N–H and O–H groups in total. The Balaban J connectivity index is 1.55. The summed E-state index contributed by atoms with van der Waals surface area (Å²) < 4.78 is 11.0. The number of carbonyl (C=O) groups is 1. The molecule has 0 saturated carbocycles. The molecule has 0 aliphatic carbocycles. The largest absolute Gasteiger partial charge is 0.486 e. The van der Waals surface area contributed by atoms with Gasteiger partial charge in [0.1, 0.15) is 13.2 Å². The average Bonchev–Trinajstić information content (AvgIpc) is 2.60. The number of fused-ring (bicyclic) bond motifs is 1. The first-order valence-electron chi connectivity index (χ1n) is 7.70. The van der Waals surface area contributed by atoms with Crippen LogP contribution in [0.2, 0.25) is 5.02 Å². The Kier molecular flexibility index (Phi) is 5.53. The fourth-order valence-corrected chi connectivity index (χ4v) is 3.48. The van der Waals surface area contributed by atoms with E-state index < -0.39 is 0 Å². The van der Waals surface area contributed by atoms with Crippen molar-refractivity contribution in [1.82, 2.24) is 5.32 Å². The van der Waals surface area contributed by atoms with Crippen molar-refractivity contribution in [3.05, 3.63) is 53.1 Å². The first kappa shape index (κ1) is 17.0. The summed E-state index contributed by atoms with van der Waals surface area (Å²) in [6.45, 7) is 3.05. The van der Waals surface area contributed by atoms with Crippen LogP contribution in [0.3, 0.4) is 0 Å². The van der Waals surface area contributed by atoms with E-state index in [0.717, 1.165) is 22.0 Å². The second-order valence-corrected chi connectivity index (χ2v) is 6.86. The summed E-state index contributed by atoms with van der Waals surface area (Å²) in [5.41, 5.74) is 0.914. The number of hydrogen-bond donors (Lipinski definition) is 1. The van der Waals surface area contributed by atoms with Crippen LogP contribution in [0.4, 0.5) is 0 Å². The highest BCUT2D eigenvalue weighted by molar-refractivity contribution is 8.00. The van der Waals surface area contributed by atoms with Crippen molar-refractivity contribution in [1.29, 1.82) is 0 Å². The van der Waals surface area contributed by atoms with Crippen LogP contribution < -0.4 is 14.8 Å². The zero-order chi connectivity index (χ0) is 16.9. The number of rotatable bonds is 5. The molecule has 0 fully saturated rings. The molecule has 0 saturated heterocycles. The summed E-state index contributed by atoms with van der Waals surface area (Å²) in [4.78, 5) is 13.1. The smallest absolute Gasteiger partial charge is 0.230 e. The van der Waals surface area contributed by atoms with Crippen LogP contribution in [-0.2, 0) is 4.79 Å². The minimum atomic E-state index is -0.132. The molecule has 1 unspecified atom stereocenters. The van der Waals surface area contributed by atoms with Gasteiger partial charge in [-0.25, -0.2) is 0 Å². The van der Waals surface area contributed by atoms with Crippen molar-refractivity contribution < 1.29 is 14.3 Å². The Morgan fingerprint density at radius 1 is 1.21 bits per heavy atom. The van der Waals surface area contributed by atoms with Gasteiger partial charge in [0.25, 0.3) is 0 Å². The zero-order valence-electron chi connectivity index (χ0n) is 13.3. The van der Waals surface area contributed by atoms with Crippen LogP contribution in [0.1, 0.15) is 18.5 Å². The van der Waals surface area contributed by atoms with Gasteiger partial charge in [0.15, 0.2) is 11.5 Å². The van der Waals surface area contributed by atoms with Gasteiger partial charge in [-0.3, -0.25) is 4.79 Å². The Labute approximate surface area is 150 Å². The third kappa shape index (κ3) is 4.16. The molecule has 3 rings (SSSR count). The van der Waals surface area contributed by atoms with Crippen LogP contribution >= 0.6 is 23.4 Å². The summed E-state index contributed by atoms with van der Waals surface area (Å²) in [5, 5.41) is 3.63. The van der Waals surface area contributed by atoms with Crippen molar-refractivity contribution in [2.75, 3.05) is 19.0 Å². The molecular weight excluding hydrogens is 346 g/mol. The van der Waals surface area contributed by atoms with Crippen LogP contribution in [0, 0.1) is 0 Å². The van der Waals surface area contributed by atoms with E-state index >= 15 is 0 Å². The number of hydrogen-bond acceptors (Lipinski definition) is 4. The first-order valence-corrected chi connectivity index (χ1v) is 9.06. The summed E-state index contributed by atoms with van der Waals surface area (Å²) in [6.07, 6.45) is 0. The fraction of sp³-hybridized carbons (Fsp3) is 0.278. The van der Waals surface area contributed by atoms with Gasteiger partial charge in [-0.1, -0.05) is 29.8 Å². The molecule has 0 radical (unpaired) electrons. The van der Waals surface area contributed by atoms with Crippen molar-refractivity contribution in [3.8, 4) is 11.5 Å². The van der Waals surface area contributed by atoms with Crippen molar-refractivity contribution in [2.24, 2.45) is 0 Å². The van der Waals surface area contributed by atoms with E-state index in [-0.39, 0.29) is 11.9 Å². The molecule has 4 nitrogen and oxygen atoms in total. The lowest BCUT2D eigenvalue weighted by atomic mass is 10.1. The minimum Gasteiger partial charge on any atom is -0.486 e. The third-order valence-electron chi connectivity index (χ3n) is 3.63. The van der Waals surface area contributed by atoms with Crippen LogP contribution in [0.5, 0.6) is 11.5 Å². The molecule has 6 heteroatoms. The van der Waals surface area contributed by atoms with E-state index in [0.29, 0.717) is 24.0 Å². The maximum absolute atomic E-state index is 12.2. The molecular formula is C18H18ClNO3S. The second kappa shape index (κ2) is 7.81. The SMILES string of the molecule is CC(NC(=O)CSc1ccc2c(c1)OCCO2)c1ccccc1Cl. The summed E-state index contributed by atoms with van der Waals surface area (Å²) >= 11 is 7.62. The van der Waals surface area contributed by atoms with Gasteiger partial charge in [0, 0.05) is 9.92 Å². The number of thioether (sulfide) groups is 1. The standard InChI is InChI=1S/C18H18ClNO3S/c1-12(14-4-2-3-5-15(14)19)20-18(21)11-24-13-6-7-16-17(10-13)23-9-8-22-16/h2-7,10,12H,8-9,11H2,1H3,(H,20,21). The molecule has 1 amide bonds. The van der Waals surface area contributed by atoms with E-state index in [1.54, 1.807) is 0 Å². The minimum absolute atomic E-state index is 0.0395. The predicted molar refractivity (Wildman–Crippen MR) is 96.2 cm³/mol. The Bertz CT molecular complexity index is 738. The van der Waals surface area contributed by atoms with E-state index in [1.807, 2.05) is 49.4 Å². The third-order valence-corrected chi connectivity index (χ3v) is 4.97. The molecule has 0 spiro atoms. The van der Waals surface area contributed by atoms with Gasteiger partial charge >= 0.3 is 0 Å². The molecule has 0 bridgehead atoms. The van der Waals surface area contributed by atoms with Crippen LogP contribution in [0.15, 0.2) is 47.4 Å². The monoisotopic (exact) mass is 363 g/mol. The number of amides is 1. The maximum atomic E-state index is 12.2. The fourth-order valence-electron chi connectivity index (χ4n) is 2.45. The number of halogens is 1. The Morgan fingerprint density at radius 3 is 2.75 bits per heavy atom. The quantitative estimate of drug-likeness (QED) is 0.813. The normalized spacial score (nSPS) is 14.1. The molecule has 2 aromatic carbocycles. The highest BCUT2D eigenvalue weighted by Gasteiger charge is 2.14. The lowest BCUT2D eigenvalue weighted by Gasteiger charge is -2.19. The van der Waals surface area contributed by atoms with Gasteiger partial charge in [-0.05, 0) is 36.8 Å². The number of benzene rings is 2. The Morgan fingerprint density at radius 2 is 1.96 bits per heavy atom. The van der Waals surface area contributed by atoms with Crippen LogP contribution in [0.25, 0.3) is 0 Å². The molecule has 1 aliphatic heterocycles. The van der Waals surface area contributed by atoms with Crippen molar-refractivity contribution in [2.45, 2.75) is 17.9 Å². The average molecular weight is 364 g/mol. The van der Waals surface area contributed by atoms with E-state index in [2.05, 4.69) is 5.32 Å². The van der Waals surface area contributed by atoms with Crippen LogP contribution in [-0.4, -0.2) is 24.9 Å². The van der Waals surface area contributed by atoms with Gasteiger partial charge < -0.3 is 14.8 Å². The molecule has 1 atom stereocenters. The van der Waals surface area contributed by atoms with Crippen molar-refractivity contribution >= 4 is 29.3 Å². The molecule has 1 aliphatic rings. The lowest BCUT2D eigenvalue weighted by molar-refractivity contribution is -0.119. The molecule has 0 aromatic heterocycles. The summed E-state index contributed by atoms with van der Waals surface area (Å²) in [7, 11) is 0. The molecule has 2 aromatic rings. The highest BCUT2D eigenvalue weighted by Crippen LogP contribution is 2.34. The topological polar surface area (TPSA) is 47.6 Å². The molecule has 24 heavy (non-hydrogen) atoms. The first-order chi connectivity index (χ1) is 11.6. The van der Waals surface area contributed by atoms with E-state index in [9.17, 15) is 4.79 Å². The number of nitrogens with one attached hydrogen (secondary N) is 1. The Hall–Kier alpha value is -1.85. The van der Waals surface area contributed by atoms with Gasteiger partial charge in [0.05, 0.1) is 11.8 Å². The summed E-state index contributed by atoms with van der Waals surface area (Å²) in [6, 6.07) is 13.1. The highest BCUT2D eigenvalue weighted by atomic mass is 35.5.